The predicted molar refractivity (Wildman–Crippen MR) is 85.7 cm³/mol. The molecule has 0 N–H and O–H groups in total. The van der Waals surface area contributed by atoms with E-state index in [1.165, 1.54) is 0 Å². The van der Waals surface area contributed by atoms with Crippen LogP contribution >= 0.6 is 0 Å². The van der Waals surface area contributed by atoms with Gasteiger partial charge in [-0.25, -0.2) is 0 Å². The Morgan fingerprint density at radius 2 is 1.23 bits per heavy atom. The van der Waals surface area contributed by atoms with Gasteiger partial charge in [-0.3, -0.25) is 0 Å². The van der Waals surface area contributed by atoms with Gasteiger partial charge in [0.2, 0.25) is 0 Å². The third-order valence-corrected chi connectivity index (χ3v) is 3.00. The standard InChI is InChI=1S/C17H26O5/c1-5-9-18-14-13-22-17(21-12-8-4)16(20-11-7-3)15(14)19-10-6-2/h5-8,14-17H,1-4,9-13H2/t14-,15-,16+,17?/m1/s1. The normalized spacial score (nSPS) is 28.0. The van der Waals surface area contributed by atoms with Gasteiger partial charge in [-0.05, 0) is 0 Å². The van der Waals surface area contributed by atoms with Gasteiger partial charge >= 0.3 is 0 Å². The van der Waals surface area contributed by atoms with Gasteiger partial charge in [0, 0.05) is 0 Å². The summed E-state index contributed by atoms with van der Waals surface area (Å²) in [4.78, 5) is 0. The highest BCUT2D eigenvalue weighted by Gasteiger charge is 2.43. The monoisotopic (exact) mass is 310 g/mol. The molecule has 0 aromatic carbocycles. The van der Waals surface area contributed by atoms with Crippen molar-refractivity contribution in [2.24, 2.45) is 0 Å². The molecule has 124 valence electrons. The van der Waals surface area contributed by atoms with Crippen LogP contribution in [0.1, 0.15) is 0 Å². The average Bonchev–Trinajstić information content (AvgIpc) is 2.55. The first kappa shape index (κ1) is 18.8. The van der Waals surface area contributed by atoms with Crippen LogP contribution in [0.5, 0.6) is 0 Å². The van der Waals surface area contributed by atoms with E-state index >= 15 is 0 Å². The van der Waals surface area contributed by atoms with Crippen molar-refractivity contribution in [3.05, 3.63) is 50.6 Å². The lowest BCUT2D eigenvalue weighted by atomic mass is 10.0. The van der Waals surface area contributed by atoms with E-state index in [4.69, 9.17) is 23.7 Å². The SMILES string of the molecule is C=CCOC1OC[C@@H](OCC=C)[C@@H](OCC=C)[C@@H]1OCC=C. The summed E-state index contributed by atoms with van der Waals surface area (Å²) in [5.74, 6) is 0. The summed E-state index contributed by atoms with van der Waals surface area (Å²) < 4.78 is 28.7. The summed E-state index contributed by atoms with van der Waals surface area (Å²) in [6.45, 7) is 16.5. The molecule has 5 heteroatoms. The summed E-state index contributed by atoms with van der Waals surface area (Å²) in [6, 6.07) is 0. The zero-order chi connectivity index (χ0) is 16.2. The second-order valence-corrected chi connectivity index (χ2v) is 4.66. The van der Waals surface area contributed by atoms with Crippen LogP contribution in [0, 0.1) is 0 Å². The van der Waals surface area contributed by atoms with Gasteiger partial charge < -0.3 is 23.7 Å². The van der Waals surface area contributed by atoms with Gasteiger partial charge in [0.15, 0.2) is 6.29 Å². The number of hydrogen-bond donors (Lipinski definition) is 0. The van der Waals surface area contributed by atoms with Crippen LogP contribution in [0.25, 0.3) is 0 Å². The molecular weight excluding hydrogens is 284 g/mol. The maximum atomic E-state index is 5.84. The summed E-state index contributed by atoms with van der Waals surface area (Å²) in [5.41, 5.74) is 0. The Kier molecular flexibility index (Phi) is 9.70. The molecule has 0 radical (unpaired) electrons. The smallest absolute Gasteiger partial charge is 0.186 e. The van der Waals surface area contributed by atoms with Crippen molar-refractivity contribution in [1.29, 1.82) is 0 Å². The second-order valence-electron chi connectivity index (χ2n) is 4.66. The summed E-state index contributed by atoms with van der Waals surface area (Å²) >= 11 is 0. The van der Waals surface area contributed by atoms with Crippen LogP contribution in [-0.2, 0) is 23.7 Å². The van der Waals surface area contributed by atoms with Crippen LogP contribution in [0.2, 0.25) is 0 Å². The van der Waals surface area contributed by atoms with E-state index in [9.17, 15) is 0 Å². The Bertz CT molecular complexity index is 321. The van der Waals surface area contributed by atoms with Crippen molar-refractivity contribution in [1.82, 2.24) is 0 Å². The molecule has 0 spiro atoms. The molecule has 0 amide bonds. The molecule has 1 saturated heterocycles. The highest BCUT2D eigenvalue weighted by Crippen LogP contribution is 2.24. The first-order valence-corrected chi connectivity index (χ1v) is 7.30. The Morgan fingerprint density at radius 1 is 0.727 bits per heavy atom. The van der Waals surface area contributed by atoms with Gasteiger partial charge in [-0.1, -0.05) is 24.3 Å². The molecule has 1 heterocycles. The molecule has 1 fully saturated rings. The Balaban J connectivity index is 2.82. The molecule has 0 bridgehead atoms. The first-order valence-electron chi connectivity index (χ1n) is 7.30. The topological polar surface area (TPSA) is 46.2 Å². The molecule has 1 rings (SSSR count). The Hall–Kier alpha value is -1.24. The largest absolute Gasteiger partial charge is 0.369 e. The summed E-state index contributed by atoms with van der Waals surface area (Å²) in [7, 11) is 0. The van der Waals surface area contributed by atoms with E-state index in [1.807, 2.05) is 0 Å². The molecule has 22 heavy (non-hydrogen) atoms. The molecule has 0 aliphatic carbocycles. The Labute approximate surface area is 132 Å². The minimum absolute atomic E-state index is 0.267. The van der Waals surface area contributed by atoms with Gasteiger partial charge in [-0.2, -0.15) is 0 Å². The highest BCUT2D eigenvalue weighted by atomic mass is 16.7. The number of ether oxygens (including phenoxy) is 5. The van der Waals surface area contributed by atoms with E-state index in [0.717, 1.165) is 0 Å². The van der Waals surface area contributed by atoms with Crippen molar-refractivity contribution in [3.63, 3.8) is 0 Å². The molecule has 1 unspecified atom stereocenters. The molecule has 0 saturated carbocycles. The van der Waals surface area contributed by atoms with Gasteiger partial charge in [0.25, 0.3) is 0 Å². The van der Waals surface area contributed by atoms with Crippen LogP contribution in [0.15, 0.2) is 50.6 Å². The van der Waals surface area contributed by atoms with Crippen molar-refractivity contribution in [2.75, 3.05) is 33.0 Å². The molecule has 0 aromatic rings. The third kappa shape index (κ3) is 5.87. The second kappa shape index (κ2) is 11.3. The van der Waals surface area contributed by atoms with Crippen LogP contribution in [0.3, 0.4) is 0 Å². The minimum Gasteiger partial charge on any atom is -0.369 e. The zero-order valence-electron chi connectivity index (χ0n) is 13.0. The minimum atomic E-state index is -0.545. The zero-order valence-corrected chi connectivity index (χ0v) is 13.0. The lowest BCUT2D eigenvalue weighted by Crippen LogP contribution is -2.57. The van der Waals surface area contributed by atoms with Gasteiger partial charge in [-0.15, -0.1) is 26.3 Å². The van der Waals surface area contributed by atoms with Crippen molar-refractivity contribution in [3.8, 4) is 0 Å². The highest BCUT2D eigenvalue weighted by molar-refractivity contribution is 4.89. The van der Waals surface area contributed by atoms with E-state index in [1.54, 1.807) is 24.3 Å². The maximum Gasteiger partial charge on any atom is 0.186 e. The molecule has 4 atom stereocenters. The van der Waals surface area contributed by atoms with Crippen LogP contribution in [-0.4, -0.2) is 57.6 Å². The van der Waals surface area contributed by atoms with E-state index in [-0.39, 0.29) is 12.2 Å². The number of rotatable bonds is 12. The molecule has 0 aromatic heterocycles. The van der Waals surface area contributed by atoms with Crippen LogP contribution < -0.4 is 0 Å². The summed E-state index contributed by atoms with van der Waals surface area (Å²) in [6.07, 6.45) is 5.13. The molecule has 1 aliphatic rings. The molecule has 1 aliphatic heterocycles. The fourth-order valence-electron chi connectivity index (χ4n) is 2.12. The lowest BCUT2D eigenvalue weighted by molar-refractivity contribution is -0.287. The summed E-state index contributed by atoms with van der Waals surface area (Å²) in [5, 5.41) is 0. The Morgan fingerprint density at radius 3 is 1.82 bits per heavy atom. The third-order valence-electron chi connectivity index (χ3n) is 3.00. The predicted octanol–water partition coefficient (Wildman–Crippen LogP) is 2.26. The maximum absolute atomic E-state index is 5.84. The van der Waals surface area contributed by atoms with Gasteiger partial charge in [0.05, 0.1) is 33.0 Å². The van der Waals surface area contributed by atoms with E-state index in [2.05, 4.69) is 26.3 Å². The lowest BCUT2D eigenvalue weighted by Gasteiger charge is -2.41. The van der Waals surface area contributed by atoms with Gasteiger partial charge in [0.1, 0.15) is 18.3 Å². The first-order chi connectivity index (χ1) is 10.8. The van der Waals surface area contributed by atoms with Crippen molar-refractivity contribution >= 4 is 0 Å². The quantitative estimate of drug-likeness (QED) is 0.517. The van der Waals surface area contributed by atoms with E-state index < -0.39 is 12.4 Å². The van der Waals surface area contributed by atoms with Crippen molar-refractivity contribution < 1.29 is 23.7 Å². The molecule has 5 nitrogen and oxygen atoms in total. The average molecular weight is 310 g/mol. The fraction of sp³-hybridized carbons (Fsp3) is 0.529. The fourth-order valence-corrected chi connectivity index (χ4v) is 2.12. The van der Waals surface area contributed by atoms with Crippen LogP contribution in [0.4, 0.5) is 0 Å². The van der Waals surface area contributed by atoms with E-state index in [0.29, 0.717) is 33.0 Å². The van der Waals surface area contributed by atoms with Crippen molar-refractivity contribution in [2.45, 2.75) is 24.6 Å². The molecular formula is C17H26O5. The number of hydrogen-bond acceptors (Lipinski definition) is 5.